The third-order valence-electron chi connectivity index (χ3n) is 3.86. The number of hydrogen-bond acceptors (Lipinski definition) is 9. The van der Waals surface area contributed by atoms with Gasteiger partial charge < -0.3 is 25.7 Å². The van der Waals surface area contributed by atoms with Crippen LogP contribution in [0.2, 0.25) is 0 Å². The summed E-state index contributed by atoms with van der Waals surface area (Å²) in [6.45, 7) is 10.1. The Kier molecular flexibility index (Phi) is 11.7. The molecule has 0 spiro atoms. The molecular formula is C24H32Cl2N4O7. The number of anilines is 4. The average molecular weight is 559 g/mol. The summed E-state index contributed by atoms with van der Waals surface area (Å²) in [7, 11) is 0. The molecule has 0 saturated heterocycles. The van der Waals surface area contributed by atoms with Crippen molar-refractivity contribution in [3.63, 3.8) is 0 Å². The minimum atomic E-state index is -1.05. The van der Waals surface area contributed by atoms with Crippen LogP contribution in [0.25, 0.3) is 0 Å². The van der Waals surface area contributed by atoms with Gasteiger partial charge >= 0.3 is 24.1 Å². The molecule has 0 bridgehead atoms. The van der Waals surface area contributed by atoms with Crippen LogP contribution in [-0.4, -0.2) is 35.3 Å². The number of nitrogens with one attached hydrogen (secondary N) is 2. The molecule has 0 aromatic heterocycles. The molecule has 2 aromatic carbocycles. The number of hydrogen-bond donors (Lipinski definition) is 4. The Bertz CT molecular complexity index is 1090. The third-order valence-corrected chi connectivity index (χ3v) is 3.86. The molecule has 13 heteroatoms. The van der Waals surface area contributed by atoms with Crippen molar-refractivity contribution in [3.8, 4) is 0 Å². The topological polar surface area (TPSA) is 172 Å². The zero-order valence-electron chi connectivity index (χ0n) is 21.3. The molecule has 204 valence electrons. The first kappa shape index (κ1) is 33.3. The average Bonchev–Trinajstić information content (AvgIpc) is 2.63. The molecule has 2 aromatic rings. The quantitative estimate of drug-likeness (QED) is 0.166. The van der Waals surface area contributed by atoms with E-state index in [9.17, 15) is 19.2 Å². The summed E-state index contributed by atoms with van der Waals surface area (Å²) in [4.78, 5) is 49.6. The van der Waals surface area contributed by atoms with Crippen LogP contribution in [0.5, 0.6) is 0 Å². The lowest BCUT2D eigenvalue weighted by atomic mass is 10.1. The SMILES string of the molecule is CC(C)(C)OC(=O)Nc1cc(NC(=O)OC(C)(C)C)cc(C(=O)OC(=O)c2cc(N)cc(N)c2)c1.Cl.Cl. The van der Waals surface area contributed by atoms with Gasteiger partial charge in [-0.15, -0.1) is 24.8 Å². The molecule has 0 atom stereocenters. The maximum absolute atomic E-state index is 12.7. The second-order valence-corrected chi connectivity index (χ2v) is 9.62. The lowest BCUT2D eigenvalue weighted by molar-refractivity contribution is 0.0395. The Morgan fingerprint density at radius 2 is 0.973 bits per heavy atom. The third kappa shape index (κ3) is 11.7. The number of carbonyl (C=O) groups is 4. The Labute approximate surface area is 227 Å². The van der Waals surface area contributed by atoms with Gasteiger partial charge in [0.05, 0.1) is 11.1 Å². The monoisotopic (exact) mass is 558 g/mol. The van der Waals surface area contributed by atoms with E-state index in [0.717, 1.165) is 0 Å². The summed E-state index contributed by atoms with van der Waals surface area (Å²) < 4.78 is 15.4. The van der Waals surface area contributed by atoms with Crippen molar-refractivity contribution in [3.05, 3.63) is 47.5 Å². The molecule has 2 amide bonds. The lowest BCUT2D eigenvalue weighted by Crippen LogP contribution is -2.28. The van der Waals surface area contributed by atoms with Crippen molar-refractivity contribution in [1.82, 2.24) is 0 Å². The number of carbonyl (C=O) groups excluding carboxylic acids is 4. The Morgan fingerprint density at radius 3 is 1.32 bits per heavy atom. The summed E-state index contributed by atoms with van der Waals surface area (Å²) in [5, 5.41) is 4.95. The van der Waals surface area contributed by atoms with E-state index in [1.165, 1.54) is 36.4 Å². The molecule has 0 aliphatic carbocycles. The van der Waals surface area contributed by atoms with Gasteiger partial charge in [-0.2, -0.15) is 0 Å². The van der Waals surface area contributed by atoms with E-state index in [1.54, 1.807) is 41.5 Å². The summed E-state index contributed by atoms with van der Waals surface area (Å²) in [5.74, 6) is -2.03. The molecule has 0 heterocycles. The standard InChI is InChI=1S/C24H30N4O7.2ClH/c1-23(2,3)34-21(31)27-17-9-14(10-18(12-17)28-22(32)35-24(4,5)6)20(30)33-19(29)13-7-15(25)11-16(26)8-13;;/h7-12H,25-26H2,1-6H3,(H,27,31)(H,28,32);2*1H. The number of halogens is 2. The largest absolute Gasteiger partial charge is 0.444 e. The van der Waals surface area contributed by atoms with Gasteiger partial charge in [-0.3, -0.25) is 10.6 Å². The normalized spacial score (nSPS) is 10.6. The highest BCUT2D eigenvalue weighted by molar-refractivity contribution is 6.05. The van der Waals surface area contributed by atoms with Crippen molar-refractivity contribution in [2.75, 3.05) is 22.1 Å². The van der Waals surface area contributed by atoms with Crippen molar-refractivity contribution < 1.29 is 33.4 Å². The summed E-state index contributed by atoms with van der Waals surface area (Å²) in [6.07, 6.45) is -1.59. The Hall–Kier alpha value is -3.70. The minimum Gasteiger partial charge on any atom is -0.444 e. The van der Waals surface area contributed by atoms with Crippen molar-refractivity contribution in [1.29, 1.82) is 0 Å². The molecule has 0 aliphatic rings. The van der Waals surface area contributed by atoms with Gasteiger partial charge in [0.2, 0.25) is 0 Å². The highest BCUT2D eigenvalue weighted by Gasteiger charge is 2.21. The van der Waals surface area contributed by atoms with Gasteiger partial charge in [-0.1, -0.05) is 0 Å². The Morgan fingerprint density at radius 1 is 0.622 bits per heavy atom. The van der Waals surface area contributed by atoms with Crippen LogP contribution in [0.1, 0.15) is 62.3 Å². The number of amides is 2. The van der Waals surface area contributed by atoms with E-state index in [-0.39, 0.29) is 58.7 Å². The van der Waals surface area contributed by atoms with Gasteiger partial charge in [0.1, 0.15) is 11.2 Å². The highest BCUT2D eigenvalue weighted by atomic mass is 35.5. The maximum Gasteiger partial charge on any atom is 0.412 e. The van der Waals surface area contributed by atoms with E-state index in [4.69, 9.17) is 25.7 Å². The summed E-state index contributed by atoms with van der Waals surface area (Å²) >= 11 is 0. The first-order chi connectivity index (χ1) is 16.0. The van der Waals surface area contributed by atoms with Gasteiger partial charge in [0, 0.05) is 22.7 Å². The number of rotatable bonds is 4. The lowest BCUT2D eigenvalue weighted by Gasteiger charge is -2.21. The molecule has 2 rings (SSSR count). The molecule has 0 saturated carbocycles. The zero-order valence-corrected chi connectivity index (χ0v) is 22.9. The van der Waals surface area contributed by atoms with Crippen molar-refractivity contribution in [2.45, 2.75) is 52.7 Å². The molecular weight excluding hydrogens is 527 g/mol. The fourth-order valence-electron chi connectivity index (χ4n) is 2.73. The zero-order chi connectivity index (χ0) is 26.6. The molecule has 37 heavy (non-hydrogen) atoms. The summed E-state index contributed by atoms with van der Waals surface area (Å²) in [5.41, 5.74) is 10.3. The van der Waals surface area contributed by atoms with Crippen LogP contribution < -0.4 is 22.1 Å². The number of esters is 2. The van der Waals surface area contributed by atoms with Crippen LogP contribution in [0.4, 0.5) is 32.3 Å². The Balaban J connectivity index is 0.00000648. The van der Waals surface area contributed by atoms with Crippen LogP contribution >= 0.6 is 24.8 Å². The molecule has 0 aliphatic heterocycles. The first-order valence-electron chi connectivity index (χ1n) is 10.6. The smallest absolute Gasteiger partial charge is 0.412 e. The van der Waals surface area contributed by atoms with Crippen molar-refractivity contribution >= 4 is 71.7 Å². The minimum absolute atomic E-state index is 0. The second-order valence-electron chi connectivity index (χ2n) is 9.62. The van der Waals surface area contributed by atoms with Crippen LogP contribution in [-0.2, 0) is 14.2 Å². The van der Waals surface area contributed by atoms with Gasteiger partial charge in [0.25, 0.3) is 0 Å². The molecule has 0 fully saturated rings. The van der Waals surface area contributed by atoms with E-state index < -0.39 is 35.3 Å². The summed E-state index contributed by atoms with van der Waals surface area (Å²) in [6, 6.07) is 7.95. The molecule has 0 unspecified atom stereocenters. The highest BCUT2D eigenvalue weighted by Crippen LogP contribution is 2.23. The predicted molar refractivity (Wildman–Crippen MR) is 146 cm³/mol. The van der Waals surface area contributed by atoms with Gasteiger partial charge in [-0.05, 0) is 77.9 Å². The van der Waals surface area contributed by atoms with E-state index in [1.807, 2.05) is 0 Å². The molecule has 6 N–H and O–H groups in total. The second kappa shape index (κ2) is 13.0. The van der Waals surface area contributed by atoms with E-state index in [0.29, 0.717) is 0 Å². The fourth-order valence-corrected chi connectivity index (χ4v) is 2.73. The van der Waals surface area contributed by atoms with Crippen LogP contribution in [0.3, 0.4) is 0 Å². The van der Waals surface area contributed by atoms with Gasteiger partial charge in [-0.25, -0.2) is 19.2 Å². The fraction of sp³-hybridized carbons (Fsp3) is 0.333. The maximum atomic E-state index is 12.7. The van der Waals surface area contributed by atoms with Crippen molar-refractivity contribution in [2.24, 2.45) is 0 Å². The number of ether oxygens (including phenoxy) is 3. The first-order valence-corrected chi connectivity index (χ1v) is 10.6. The van der Waals surface area contributed by atoms with E-state index >= 15 is 0 Å². The molecule has 11 nitrogen and oxygen atoms in total. The predicted octanol–water partition coefficient (Wildman–Crippen LogP) is 5.39. The van der Waals surface area contributed by atoms with Crippen LogP contribution in [0.15, 0.2) is 36.4 Å². The number of nitrogens with two attached hydrogens (primary N) is 2. The van der Waals surface area contributed by atoms with Crippen LogP contribution in [0, 0.1) is 0 Å². The van der Waals surface area contributed by atoms with E-state index in [2.05, 4.69) is 10.6 Å². The van der Waals surface area contributed by atoms with Gasteiger partial charge in [0.15, 0.2) is 0 Å². The molecule has 0 radical (unpaired) electrons. The number of nitrogen functional groups attached to an aromatic ring is 2. The number of benzene rings is 2.